The Morgan fingerprint density at radius 1 is 1.16 bits per heavy atom. The van der Waals surface area contributed by atoms with Crippen LogP contribution in [0.3, 0.4) is 0 Å². The van der Waals surface area contributed by atoms with E-state index in [1.807, 2.05) is 19.0 Å². The van der Waals surface area contributed by atoms with Crippen molar-refractivity contribution in [1.29, 1.82) is 0 Å². The molecule has 1 aliphatic heterocycles. The quantitative estimate of drug-likeness (QED) is 0.118. The number of amidine groups is 1. The minimum Gasteiger partial charge on any atom is -0.463 e. The Labute approximate surface area is 223 Å². The Morgan fingerprint density at radius 3 is 2.47 bits per heavy atom. The Hall–Kier alpha value is -3.87. The van der Waals surface area contributed by atoms with Gasteiger partial charge in [0.25, 0.3) is 0 Å². The van der Waals surface area contributed by atoms with Gasteiger partial charge in [-0.15, -0.1) is 0 Å². The molecular formula is C25H39N7O6. The minimum atomic E-state index is -0.682. The normalized spacial score (nSPS) is 15.6. The maximum atomic E-state index is 12.8. The average molecular weight is 534 g/mol. The van der Waals surface area contributed by atoms with Crippen molar-refractivity contribution in [2.24, 2.45) is 10.9 Å². The van der Waals surface area contributed by atoms with Crippen molar-refractivity contribution in [2.75, 3.05) is 52.2 Å². The van der Waals surface area contributed by atoms with Crippen LogP contribution >= 0.6 is 0 Å². The third-order valence-electron chi connectivity index (χ3n) is 5.60. The van der Waals surface area contributed by atoms with Gasteiger partial charge in [-0.25, -0.2) is 9.59 Å². The fourth-order valence-electron chi connectivity index (χ4n) is 3.62. The number of nitrogens with one attached hydrogen (secondary N) is 2. The molecule has 1 saturated heterocycles. The molecule has 0 radical (unpaired) electrons. The summed E-state index contributed by atoms with van der Waals surface area (Å²) in [6.07, 6.45) is 0.449. The highest BCUT2D eigenvalue weighted by Gasteiger charge is 2.33. The molecule has 1 fully saturated rings. The largest absolute Gasteiger partial charge is 0.463 e. The number of hydrogen-bond acceptors (Lipinski definition) is 8. The lowest BCUT2D eigenvalue weighted by Gasteiger charge is -2.18. The number of anilines is 1. The van der Waals surface area contributed by atoms with E-state index in [2.05, 4.69) is 15.8 Å². The van der Waals surface area contributed by atoms with E-state index in [4.69, 9.17) is 15.3 Å². The van der Waals surface area contributed by atoms with Crippen molar-refractivity contribution in [3.8, 4) is 0 Å². The third kappa shape index (κ3) is 9.88. The zero-order valence-electron chi connectivity index (χ0n) is 22.7. The molecule has 0 saturated carbocycles. The summed E-state index contributed by atoms with van der Waals surface area (Å²) in [5.74, 6) is -0.633. The van der Waals surface area contributed by atoms with Crippen LogP contribution in [0.5, 0.6) is 0 Å². The number of oxime groups is 1. The van der Waals surface area contributed by atoms with E-state index in [1.54, 1.807) is 50.1 Å². The molecule has 1 atom stereocenters. The van der Waals surface area contributed by atoms with Gasteiger partial charge in [0.05, 0.1) is 12.5 Å². The van der Waals surface area contributed by atoms with Crippen LogP contribution < -0.4 is 21.3 Å². The summed E-state index contributed by atoms with van der Waals surface area (Å²) in [7, 11) is 5.54. The van der Waals surface area contributed by atoms with Gasteiger partial charge in [-0.2, -0.15) is 0 Å². The first-order chi connectivity index (χ1) is 18.0. The summed E-state index contributed by atoms with van der Waals surface area (Å²) < 4.78 is 5.01. The van der Waals surface area contributed by atoms with Gasteiger partial charge in [0.15, 0.2) is 5.84 Å². The molecule has 4 amide bonds. The first-order valence-electron chi connectivity index (χ1n) is 12.5. The molecule has 1 aromatic rings. The molecule has 1 aromatic carbocycles. The number of rotatable bonds is 12. The first kappa shape index (κ1) is 30.4. The predicted molar refractivity (Wildman–Crippen MR) is 143 cm³/mol. The van der Waals surface area contributed by atoms with Crippen LogP contribution in [0.4, 0.5) is 15.3 Å². The van der Waals surface area contributed by atoms with E-state index in [9.17, 15) is 19.2 Å². The summed E-state index contributed by atoms with van der Waals surface area (Å²) in [5, 5.41) is 8.92. The molecule has 1 aliphatic rings. The standard InChI is InChI=1S/C25H39N7O6/c1-17(2)37-21(33)11-13-27-24(35)28-20-12-16-32(23(20)34)19-9-7-18(8-10-19)22(26)29-38-25(36)31(5)15-6-14-30(3)4/h7-10,17,20H,6,11-16H2,1-5H3,(H2,26,29)(H2,27,28,35)/t20-/m0/s1. The topological polar surface area (TPSA) is 159 Å². The number of nitrogens with zero attached hydrogens (tertiary/aromatic N) is 4. The van der Waals surface area contributed by atoms with Crippen molar-refractivity contribution in [3.05, 3.63) is 29.8 Å². The molecule has 210 valence electrons. The number of carbonyl (C=O) groups excluding carboxylic acids is 4. The first-order valence-corrected chi connectivity index (χ1v) is 12.5. The molecule has 0 unspecified atom stereocenters. The van der Waals surface area contributed by atoms with Gasteiger partial charge in [-0.1, -0.05) is 5.16 Å². The molecular weight excluding hydrogens is 494 g/mol. The average Bonchev–Trinajstić information content (AvgIpc) is 3.21. The van der Waals surface area contributed by atoms with Crippen molar-refractivity contribution >= 4 is 35.5 Å². The number of carbonyl (C=O) groups is 4. The van der Waals surface area contributed by atoms with Crippen molar-refractivity contribution in [1.82, 2.24) is 20.4 Å². The van der Waals surface area contributed by atoms with Gasteiger partial charge in [0.1, 0.15) is 6.04 Å². The predicted octanol–water partition coefficient (Wildman–Crippen LogP) is 1.07. The maximum Gasteiger partial charge on any atom is 0.435 e. The third-order valence-corrected chi connectivity index (χ3v) is 5.60. The maximum absolute atomic E-state index is 12.8. The lowest BCUT2D eigenvalue weighted by atomic mass is 10.2. The second-order valence-electron chi connectivity index (χ2n) is 9.48. The molecule has 0 spiro atoms. The van der Waals surface area contributed by atoms with Crippen LogP contribution in [-0.4, -0.2) is 99.1 Å². The van der Waals surface area contributed by atoms with Crippen molar-refractivity contribution < 1.29 is 28.8 Å². The molecule has 0 bridgehead atoms. The lowest BCUT2D eigenvalue weighted by molar-refractivity contribution is -0.147. The molecule has 0 aliphatic carbocycles. The highest BCUT2D eigenvalue weighted by molar-refractivity contribution is 6.02. The van der Waals surface area contributed by atoms with E-state index in [-0.39, 0.29) is 30.8 Å². The Balaban J connectivity index is 1.83. The highest BCUT2D eigenvalue weighted by atomic mass is 16.7. The fourth-order valence-corrected chi connectivity index (χ4v) is 3.62. The van der Waals surface area contributed by atoms with Crippen molar-refractivity contribution in [3.63, 3.8) is 0 Å². The number of esters is 1. The summed E-state index contributed by atoms with van der Waals surface area (Å²) in [6, 6.07) is 5.53. The Kier molecular flexibility index (Phi) is 11.8. The molecule has 0 aromatic heterocycles. The van der Waals surface area contributed by atoms with Gasteiger partial charge < -0.3 is 35.8 Å². The second kappa shape index (κ2) is 14.8. The Bertz CT molecular complexity index is 996. The van der Waals surface area contributed by atoms with Gasteiger partial charge in [-0.05, 0) is 71.6 Å². The molecule has 4 N–H and O–H groups in total. The SMILES string of the molecule is CC(C)OC(=O)CCNC(=O)N[C@H]1CCN(c2ccc(C(N)=NOC(=O)N(C)CCCN(C)C)cc2)C1=O. The van der Waals surface area contributed by atoms with Crippen LogP contribution in [0.1, 0.15) is 38.7 Å². The summed E-state index contributed by atoms with van der Waals surface area (Å²) in [6.45, 7) is 5.39. The molecule has 13 heteroatoms. The molecule has 2 rings (SSSR count). The summed E-state index contributed by atoms with van der Waals surface area (Å²) in [4.78, 5) is 58.5. The zero-order valence-corrected chi connectivity index (χ0v) is 22.7. The summed E-state index contributed by atoms with van der Waals surface area (Å²) >= 11 is 0. The molecule has 1 heterocycles. The van der Waals surface area contributed by atoms with Crippen LogP contribution in [0.15, 0.2) is 29.4 Å². The number of urea groups is 1. The lowest BCUT2D eigenvalue weighted by Crippen LogP contribution is -2.46. The number of amides is 4. The number of nitrogens with two attached hydrogens (primary N) is 1. The van der Waals surface area contributed by atoms with Gasteiger partial charge in [0, 0.05) is 37.9 Å². The van der Waals surface area contributed by atoms with Crippen LogP contribution in [-0.2, 0) is 19.2 Å². The zero-order chi connectivity index (χ0) is 28.2. The van der Waals surface area contributed by atoms with Crippen LogP contribution in [0.25, 0.3) is 0 Å². The van der Waals surface area contributed by atoms with E-state index >= 15 is 0 Å². The van der Waals surface area contributed by atoms with Crippen LogP contribution in [0.2, 0.25) is 0 Å². The Morgan fingerprint density at radius 2 is 1.84 bits per heavy atom. The van der Waals surface area contributed by atoms with Crippen molar-refractivity contribution in [2.45, 2.75) is 45.3 Å². The van der Waals surface area contributed by atoms with Gasteiger partial charge >= 0.3 is 18.1 Å². The monoisotopic (exact) mass is 533 g/mol. The number of benzene rings is 1. The molecule has 38 heavy (non-hydrogen) atoms. The smallest absolute Gasteiger partial charge is 0.435 e. The highest BCUT2D eigenvalue weighted by Crippen LogP contribution is 2.22. The van der Waals surface area contributed by atoms with E-state index in [0.717, 1.165) is 13.0 Å². The molecule has 13 nitrogen and oxygen atoms in total. The second-order valence-corrected chi connectivity index (χ2v) is 9.48. The van der Waals surface area contributed by atoms with E-state index in [0.29, 0.717) is 30.8 Å². The fraction of sp³-hybridized carbons (Fsp3) is 0.560. The van der Waals surface area contributed by atoms with Crippen LogP contribution in [0, 0.1) is 0 Å². The van der Waals surface area contributed by atoms with Gasteiger partial charge in [-0.3, -0.25) is 14.4 Å². The van der Waals surface area contributed by atoms with Gasteiger partial charge in [0.2, 0.25) is 5.91 Å². The number of ether oxygens (including phenoxy) is 1. The van der Waals surface area contributed by atoms with E-state index < -0.39 is 24.1 Å². The minimum absolute atomic E-state index is 0.0211. The summed E-state index contributed by atoms with van der Waals surface area (Å²) in [5.41, 5.74) is 7.11. The van der Waals surface area contributed by atoms with E-state index in [1.165, 1.54) is 4.90 Å². The number of hydrogen-bond donors (Lipinski definition) is 3.